The van der Waals surface area contributed by atoms with Crippen molar-refractivity contribution in [2.24, 2.45) is 5.41 Å². The summed E-state index contributed by atoms with van der Waals surface area (Å²) in [5.74, 6) is 0. The Balaban J connectivity index is 4.72. The van der Waals surface area contributed by atoms with Crippen LogP contribution >= 0.6 is 0 Å². The van der Waals surface area contributed by atoms with Gasteiger partial charge in [-0.2, -0.15) is 0 Å². The molecule has 0 amide bonds. The highest BCUT2D eigenvalue weighted by molar-refractivity contribution is 5.32. The van der Waals surface area contributed by atoms with E-state index in [0.29, 0.717) is 0 Å². The van der Waals surface area contributed by atoms with E-state index in [1.807, 2.05) is 0 Å². The van der Waals surface area contributed by atoms with Crippen LogP contribution in [0.15, 0.2) is 23.3 Å². The average Bonchev–Trinajstić information content (AvgIpc) is 1.85. The van der Waals surface area contributed by atoms with Crippen LogP contribution in [0.4, 0.5) is 0 Å². The molecule has 0 spiro atoms. The molecule has 0 N–H and O–H groups in total. The maximum atomic E-state index is 2.29. The molecule has 0 aliphatic heterocycles. The Labute approximate surface area is 77.4 Å². The molecule has 0 aliphatic carbocycles. The topological polar surface area (TPSA) is 0 Å². The van der Waals surface area contributed by atoms with Gasteiger partial charge in [-0.15, -0.1) is 0 Å². The first-order valence-electron chi connectivity index (χ1n) is 4.77. The fourth-order valence-electron chi connectivity index (χ4n) is 1.67. The fraction of sp³-hybridized carbons (Fsp3) is 0.667. The van der Waals surface area contributed by atoms with Gasteiger partial charge in [0.1, 0.15) is 0 Å². The summed E-state index contributed by atoms with van der Waals surface area (Å²) in [4.78, 5) is 0. The summed E-state index contributed by atoms with van der Waals surface area (Å²) in [5, 5.41) is 0. The number of hydrogen-bond acceptors (Lipinski definition) is 0. The first-order chi connectivity index (χ1) is 5.43. The van der Waals surface area contributed by atoms with E-state index in [9.17, 15) is 0 Å². The molecule has 0 aromatic rings. The Morgan fingerprint density at radius 3 is 2.00 bits per heavy atom. The van der Waals surface area contributed by atoms with Crippen LogP contribution < -0.4 is 0 Å². The van der Waals surface area contributed by atoms with E-state index in [0.717, 1.165) is 6.42 Å². The second kappa shape index (κ2) is 4.49. The predicted octanol–water partition coefficient (Wildman–Crippen LogP) is 4.34. The second-order valence-electron chi connectivity index (χ2n) is 4.25. The van der Waals surface area contributed by atoms with Gasteiger partial charge in [-0.1, -0.05) is 45.4 Å². The molecule has 0 bridgehead atoms. The van der Waals surface area contributed by atoms with Crippen LogP contribution in [0.5, 0.6) is 0 Å². The minimum absolute atomic E-state index is 0.282. The van der Waals surface area contributed by atoms with Crippen LogP contribution in [0.2, 0.25) is 0 Å². The Kier molecular flexibility index (Phi) is 4.30. The van der Waals surface area contributed by atoms with Gasteiger partial charge in [-0.25, -0.2) is 0 Å². The maximum Gasteiger partial charge on any atom is -0.0133 e. The molecular formula is C12H22. The molecule has 0 radical (unpaired) electrons. The fourth-order valence-corrected chi connectivity index (χ4v) is 1.67. The Hall–Kier alpha value is -0.520. The summed E-state index contributed by atoms with van der Waals surface area (Å²) in [6.07, 6.45) is 5.64. The van der Waals surface area contributed by atoms with E-state index in [1.54, 1.807) is 0 Å². The third-order valence-corrected chi connectivity index (χ3v) is 2.03. The van der Waals surface area contributed by atoms with Crippen molar-refractivity contribution in [2.45, 2.75) is 48.0 Å². The highest BCUT2D eigenvalue weighted by Gasteiger charge is 2.16. The zero-order valence-corrected chi connectivity index (χ0v) is 9.36. The van der Waals surface area contributed by atoms with Crippen LogP contribution in [-0.2, 0) is 0 Å². The maximum absolute atomic E-state index is 2.29. The van der Waals surface area contributed by atoms with Crippen LogP contribution in [0.1, 0.15) is 48.0 Å². The normalized spacial score (nSPS) is 15.2. The molecule has 0 fully saturated rings. The first kappa shape index (κ1) is 11.5. The quantitative estimate of drug-likeness (QED) is 0.535. The van der Waals surface area contributed by atoms with Gasteiger partial charge < -0.3 is 0 Å². The molecule has 70 valence electrons. The molecule has 12 heavy (non-hydrogen) atoms. The zero-order chi connectivity index (χ0) is 9.78. The molecule has 0 saturated heterocycles. The molecule has 0 nitrogen and oxygen atoms in total. The van der Waals surface area contributed by atoms with Crippen molar-refractivity contribution in [1.82, 2.24) is 0 Å². The Morgan fingerprint density at radius 1 is 1.25 bits per heavy atom. The van der Waals surface area contributed by atoms with Crippen molar-refractivity contribution in [3.63, 3.8) is 0 Å². The minimum Gasteiger partial charge on any atom is -0.0837 e. The van der Waals surface area contributed by atoms with Crippen molar-refractivity contribution in [3.05, 3.63) is 23.3 Å². The highest BCUT2D eigenvalue weighted by atomic mass is 14.2. The Bertz CT molecular complexity index is 187. The first-order valence-corrected chi connectivity index (χ1v) is 4.77. The summed E-state index contributed by atoms with van der Waals surface area (Å²) in [5.41, 5.74) is 3.17. The number of rotatable bonds is 2. The van der Waals surface area contributed by atoms with Gasteiger partial charge in [0.25, 0.3) is 0 Å². The lowest BCUT2D eigenvalue weighted by molar-refractivity contribution is 0.509. The van der Waals surface area contributed by atoms with Crippen LogP contribution in [0.3, 0.4) is 0 Å². The van der Waals surface area contributed by atoms with Crippen LogP contribution in [0.25, 0.3) is 0 Å². The molecule has 0 atom stereocenters. The molecular weight excluding hydrogens is 144 g/mol. The molecule has 0 heteroatoms. The summed E-state index contributed by atoms with van der Waals surface area (Å²) in [7, 11) is 0. The number of allylic oxidation sites excluding steroid dienone is 4. The third-order valence-electron chi connectivity index (χ3n) is 2.03. The monoisotopic (exact) mass is 166 g/mol. The van der Waals surface area contributed by atoms with Crippen molar-refractivity contribution in [2.75, 3.05) is 0 Å². The van der Waals surface area contributed by atoms with Gasteiger partial charge in [0.2, 0.25) is 0 Å². The summed E-state index contributed by atoms with van der Waals surface area (Å²) in [6.45, 7) is 13.3. The average molecular weight is 166 g/mol. The minimum atomic E-state index is 0.282. The van der Waals surface area contributed by atoms with Crippen molar-refractivity contribution >= 4 is 0 Å². The zero-order valence-electron chi connectivity index (χ0n) is 9.36. The van der Waals surface area contributed by atoms with E-state index in [1.165, 1.54) is 11.1 Å². The van der Waals surface area contributed by atoms with Gasteiger partial charge in [0, 0.05) is 0 Å². The molecule has 0 unspecified atom stereocenters. The lowest BCUT2D eigenvalue weighted by atomic mass is 9.82. The van der Waals surface area contributed by atoms with Gasteiger partial charge in [0.05, 0.1) is 0 Å². The van der Waals surface area contributed by atoms with Gasteiger partial charge >= 0.3 is 0 Å². The predicted molar refractivity (Wildman–Crippen MR) is 57.3 cm³/mol. The van der Waals surface area contributed by atoms with Gasteiger partial charge in [-0.05, 0) is 31.3 Å². The van der Waals surface area contributed by atoms with E-state index < -0.39 is 0 Å². The summed E-state index contributed by atoms with van der Waals surface area (Å²) in [6, 6.07) is 0. The largest absolute Gasteiger partial charge is 0.0837 e. The van der Waals surface area contributed by atoms with E-state index in [-0.39, 0.29) is 5.41 Å². The SMILES string of the molecule is C/C=C(\C(C)=C/CC)C(C)(C)C. The van der Waals surface area contributed by atoms with E-state index in [2.05, 4.69) is 53.7 Å². The van der Waals surface area contributed by atoms with Crippen molar-refractivity contribution < 1.29 is 0 Å². The standard InChI is InChI=1S/C12H22/c1-7-9-10(3)11(8-2)12(4,5)6/h8-9H,7H2,1-6H3/b10-9-,11-8+. The van der Waals surface area contributed by atoms with Gasteiger partial charge in [0.15, 0.2) is 0 Å². The van der Waals surface area contributed by atoms with E-state index >= 15 is 0 Å². The molecule has 0 heterocycles. The molecule has 0 aromatic carbocycles. The van der Waals surface area contributed by atoms with Crippen LogP contribution in [0, 0.1) is 5.41 Å². The summed E-state index contributed by atoms with van der Waals surface area (Å²) < 4.78 is 0. The van der Waals surface area contributed by atoms with Crippen LogP contribution in [-0.4, -0.2) is 0 Å². The van der Waals surface area contributed by atoms with Gasteiger partial charge in [-0.3, -0.25) is 0 Å². The molecule has 0 aromatic heterocycles. The lowest BCUT2D eigenvalue weighted by Gasteiger charge is -2.23. The van der Waals surface area contributed by atoms with E-state index in [4.69, 9.17) is 0 Å². The third kappa shape index (κ3) is 3.25. The number of hydrogen-bond donors (Lipinski definition) is 0. The molecule has 0 saturated carbocycles. The smallest absolute Gasteiger partial charge is 0.0133 e. The lowest BCUT2D eigenvalue weighted by Crippen LogP contribution is -2.10. The molecule has 0 aliphatic rings. The second-order valence-corrected chi connectivity index (χ2v) is 4.25. The highest BCUT2D eigenvalue weighted by Crippen LogP contribution is 2.30. The van der Waals surface area contributed by atoms with Crippen molar-refractivity contribution in [1.29, 1.82) is 0 Å². The summed E-state index contributed by atoms with van der Waals surface area (Å²) >= 11 is 0. The van der Waals surface area contributed by atoms with Crippen molar-refractivity contribution in [3.8, 4) is 0 Å². The Morgan fingerprint density at radius 2 is 1.75 bits per heavy atom. The molecule has 0 rings (SSSR count).